The summed E-state index contributed by atoms with van der Waals surface area (Å²) in [6.07, 6.45) is 0. The average molecular weight is 304 g/mol. The van der Waals surface area contributed by atoms with E-state index < -0.39 is 0 Å². The fourth-order valence-corrected chi connectivity index (χ4v) is 2.37. The maximum Gasteiger partial charge on any atom is 0.124 e. The quantitative estimate of drug-likeness (QED) is 0.830. The lowest BCUT2D eigenvalue weighted by Crippen LogP contribution is -2.07. The number of nitrogens with one attached hydrogen (secondary N) is 1. The molecule has 0 atom stereocenters. The van der Waals surface area contributed by atoms with Crippen LogP contribution in [0.4, 0.5) is 0 Å². The van der Waals surface area contributed by atoms with Crippen LogP contribution in [-0.2, 0) is 13.2 Å². The molecule has 2 aromatic rings. The van der Waals surface area contributed by atoms with E-state index in [2.05, 4.69) is 43.4 Å². The first-order valence-corrected chi connectivity index (χ1v) is 7.62. The molecule has 0 unspecified atom stereocenters. The molecule has 0 saturated heterocycles. The zero-order valence-corrected chi connectivity index (χ0v) is 13.6. The maximum absolute atomic E-state index is 6.03. The normalized spacial score (nSPS) is 10.9. The molecule has 0 aromatic heterocycles. The molecule has 2 nitrogen and oxygen atoms in total. The van der Waals surface area contributed by atoms with Gasteiger partial charge in [0.1, 0.15) is 12.4 Å². The molecule has 2 aromatic carbocycles. The highest BCUT2D eigenvalue weighted by molar-refractivity contribution is 6.30. The van der Waals surface area contributed by atoms with Crippen LogP contribution >= 0.6 is 11.6 Å². The van der Waals surface area contributed by atoms with Crippen LogP contribution in [0.3, 0.4) is 0 Å². The van der Waals surface area contributed by atoms with Gasteiger partial charge in [0.2, 0.25) is 0 Å². The van der Waals surface area contributed by atoms with Gasteiger partial charge in [-0.3, -0.25) is 0 Å². The predicted molar refractivity (Wildman–Crippen MR) is 89.1 cm³/mol. The van der Waals surface area contributed by atoms with Crippen LogP contribution in [0.1, 0.15) is 36.5 Å². The van der Waals surface area contributed by atoms with Gasteiger partial charge in [-0.15, -0.1) is 0 Å². The third kappa shape index (κ3) is 4.48. The summed E-state index contributed by atoms with van der Waals surface area (Å²) in [7, 11) is 1.91. The van der Waals surface area contributed by atoms with Crippen molar-refractivity contribution in [3.05, 3.63) is 64.2 Å². The Labute approximate surface area is 132 Å². The van der Waals surface area contributed by atoms with Crippen molar-refractivity contribution in [3.63, 3.8) is 0 Å². The Morgan fingerprint density at radius 3 is 2.43 bits per heavy atom. The smallest absolute Gasteiger partial charge is 0.124 e. The third-order valence-corrected chi connectivity index (χ3v) is 3.67. The lowest BCUT2D eigenvalue weighted by Gasteiger charge is -2.12. The van der Waals surface area contributed by atoms with Crippen molar-refractivity contribution in [2.45, 2.75) is 32.9 Å². The van der Waals surface area contributed by atoms with Crippen LogP contribution in [0.25, 0.3) is 0 Å². The average Bonchev–Trinajstić information content (AvgIpc) is 2.47. The molecule has 0 aliphatic carbocycles. The van der Waals surface area contributed by atoms with Crippen molar-refractivity contribution in [1.29, 1.82) is 0 Å². The molecule has 2 rings (SSSR count). The summed E-state index contributed by atoms with van der Waals surface area (Å²) in [5.74, 6) is 1.43. The van der Waals surface area contributed by atoms with E-state index in [0.717, 1.165) is 22.9 Å². The maximum atomic E-state index is 6.03. The monoisotopic (exact) mass is 303 g/mol. The highest BCUT2D eigenvalue weighted by Gasteiger charge is 2.05. The Bertz CT molecular complexity index is 578. The number of hydrogen-bond acceptors (Lipinski definition) is 2. The van der Waals surface area contributed by atoms with Gasteiger partial charge in [0.25, 0.3) is 0 Å². The number of rotatable bonds is 6. The second kappa shape index (κ2) is 7.48. The van der Waals surface area contributed by atoms with Gasteiger partial charge in [-0.1, -0.05) is 49.7 Å². The minimum atomic E-state index is 0.554. The van der Waals surface area contributed by atoms with Gasteiger partial charge in [0, 0.05) is 17.1 Å². The Balaban J connectivity index is 2.05. The fourth-order valence-electron chi connectivity index (χ4n) is 2.18. The van der Waals surface area contributed by atoms with Crippen molar-refractivity contribution in [3.8, 4) is 5.75 Å². The molecule has 0 heterocycles. The second-order valence-electron chi connectivity index (χ2n) is 5.47. The first-order valence-electron chi connectivity index (χ1n) is 7.25. The zero-order chi connectivity index (χ0) is 15.2. The van der Waals surface area contributed by atoms with E-state index in [1.54, 1.807) is 0 Å². The van der Waals surface area contributed by atoms with Gasteiger partial charge in [-0.05, 0) is 42.3 Å². The Hall–Kier alpha value is -1.51. The number of benzene rings is 2. The van der Waals surface area contributed by atoms with Gasteiger partial charge in [0.05, 0.1) is 0 Å². The fraction of sp³-hybridized carbons (Fsp3) is 0.333. The molecule has 0 bridgehead atoms. The predicted octanol–water partition coefficient (Wildman–Crippen LogP) is 4.76. The first-order chi connectivity index (χ1) is 10.1. The summed E-state index contributed by atoms with van der Waals surface area (Å²) in [6, 6.07) is 14.3. The van der Waals surface area contributed by atoms with E-state index in [9.17, 15) is 0 Å². The van der Waals surface area contributed by atoms with E-state index in [1.165, 1.54) is 11.1 Å². The van der Waals surface area contributed by atoms with Crippen molar-refractivity contribution in [1.82, 2.24) is 5.32 Å². The van der Waals surface area contributed by atoms with E-state index in [4.69, 9.17) is 16.3 Å². The Morgan fingerprint density at radius 1 is 1.10 bits per heavy atom. The molecule has 0 amide bonds. The molecule has 21 heavy (non-hydrogen) atoms. The molecule has 0 fully saturated rings. The molecule has 0 radical (unpaired) electrons. The van der Waals surface area contributed by atoms with E-state index in [0.29, 0.717) is 12.5 Å². The zero-order valence-electron chi connectivity index (χ0n) is 12.8. The highest BCUT2D eigenvalue weighted by atomic mass is 35.5. The van der Waals surface area contributed by atoms with E-state index >= 15 is 0 Å². The van der Waals surface area contributed by atoms with Crippen molar-refractivity contribution < 1.29 is 4.74 Å². The molecule has 3 heteroatoms. The molecule has 0 spiro atoms. The van der Waals surface area contributed by atoms with E-state index in [-0.39, 0.29) is 0 Å². The van der Waals surface area contributed by atoms with Crippen molar-refractivity contribution >= 4 is 11.6 Å². The number of hydrogen-bond donors (Lipinski definition) is 1. The summed E-state index contributed by atoms with van der Waals surface area (Å²) in [4.78, 5) is 0. The number of ether oxygens (including phenoxy) is 1. The standard InChI is InChI=1S/C18H22ClNO/c1-13(2)15-6-4-14(5-7-15)12-21-18-9-8-17(19)10-16(18)11-20-3/h4-10,13,20H,11-12H2,1-3H3. The van der Waals surface area contributed by atoms with Crippen molar-refractivity contribution in [2.75, 3.05) is 7.05 Å². The summed E-state index contributed by atoms with van der Waals surface area (Å²) < 4.78 is 5.93. The number of halogens is 1. The van der Waals surface area contributed by atoms with Crippen LogP contribution in [0.5, 0.6) is 5.75 Å². The minimum Gasteiger partial charge on any atom is -0.489 e. The van der Waals surface area contributed by atoms with Crippen LogP contribution in [0.15, 0.2) is 42.5 Å². The Kier molecular flexibility index (Phi) is 5.66. The van der Waals surface area contributed by atoms with Gasteiger partial charge in [-0.2, -0.15) is 0 Å². The van der Waals surface area contributed by atoms with Gasteiger partial charge in [-0.25, -0.2) is 0 Å². The molecule has 0 aliphatic heterocycles. The minimum absolute atomic E-state index is 0.554. The van der Waals surface area contributed by atoms with Crippen LogP contribution in [0.2, 0.25) is 5.02 Å². The van der Waals surface area contributed by atoms with E-state index in [1.807, 2.05) is 25.2 Å². The van der Waals surface area contributed by atoms with Gasteiger partial charge >= 0.3 is 0 Å². The topological polar surface area (TPSA) is 21.3 Å². The molecule has 112 valence electrons. The molecular formula is C18H22ClNO. The SMILES string of the molecule is CNCc1cc(Cl)ccc1OCc1ccc(C(C)C)cc1. The van der Waals surface area contributed by atoms with Crippen LogP contribution in [-0.4, -0.2) is 7.05 Å². The van der Waals surface area contributed by atoms with Crippen LogP contribution < -0.4 is 10.1 Å². The first kappa shape index (κ1) is 15.9. The lowest BCUT2D eigenvalue weighted by atomic mass is 10.0. The second-order valence-corrected chi connectivity index (χ2v) is 5.90. The van der Waals surface area contributed by atoms with Crippen LogP contribution in [0, 0.1) is 0 Å². The molecule has 1 N–H and O–H groups in total. The summed E-state index contributed by atoms with van der Waals surface area (Å²) in [6.45, 7) is 5.70. The largest absolute Gasteiger partial charge is 0.489 e. The highest BCUT2D eigenvalue weighted by Crippen LogP contribution is 2.24. The van der Waals surface area contributed by atoms with Crippen molar-refractivity contribution in [2.24, 2.45) is 0 Å². The molecule has 0 saturated carbocycles. The summed E-state index contributed by atoms with van der Waals surface area (Å²) >= 11 is 6.03. The molecular weight excluding hydrogens is 282 g/mol. The van der Waals surface area contributed by atoms with Gasteiger partial charge in [0.15, 0.2) is 0 Å². The molecule has 0 aliphatic rings. The van der Waals surface area contributed by atoms with Gasteiger partial charge < -0.3 is 10.1 Å². The lowest BCUT2D eigenvalue weighted by molar-refractivity contribution is 0.302. The third-order valence-electron chi connectivity index (χ3n) is 3.43. The summed E-state index contributed by atoms with van der Waals surface area (Å²) in [5, 5.41) is 3.86. The summed E-state index contributed by atoms with van der Waals surface area (Å²) in [5.41, 5.74) is 3.59. The Morgan fingerprint density at radius 2 is 1.81 bits per heavy atom.